The number of thiazole rings is 1. The summed E-state index contributed by atoms with van der Waals surface area (Å²) < 4.78 is 33.8. The highest BCUT2D eigenvalue weighted by Crippen LogP contribution is 2.33. The Bertz CT molecular complexity index is 1060. The molecule has 13 heteroatoms. The summed E-state index contributed by atoms with van der Waals surface area (Å²) in [6, 6.07) is 8.07. The Kier molecular flexibility index (Phi) is 7.64. The minimum atomic E-state index is -5.08. The number of hydrogen-bond acceptors (Lipinski definition) is 8. The molecule has 170 valence electrons. The van der Waals surface area contributed by atoms with Crippen molar-refractivity contribution in [3.63, 3.8) is 0 Å². The molecule has 0 radical (unpaired) electrons. The van der Waals surface area contributed by atoms with Gasteiger partial charge in [-0.3, -0.25) is 4.79 Å². The second kappa shape index (κ2) is 10.2. The second-order valence-electron chi connectivity index (χ2n) is 6.75. The molecular weight excluding hydrogens is 467 g/mol. The molecule has 3 heterocycles. The monoisotopic (exact) mass is 485 g/mol. The van der Waals surface area contributed by atoms with Gasteiger partial charge in [-0.1, -0.05) is 12.1 Å². The molecule has 1 aromatic carbocycles. The fourth-order valence-electron chi connectivity index (χ4n) is 2.82. The number of hydrogen-bond donors (Lipinski definition) is 2. The number of para-hydroxylation sites is 1. The highest BCUT2D eigenvalue weighted by Gasteiger charge is 2.38. The number of nitrogens with zero attached hydrogens (tertiary/aromatic N) is 4. The quantitative estimate of drug-likeness (QED) is 0.579. The van der Waals surface area contributed by atoms with Crippen LogP contribution in [0.15, 0.2) is 46.0 Å². The molecule has 1 aliphatic rings. The third kappa shape index (κ3) is 6.37. The molecule has 0 aliphatic carbocycles. The Hall–Kier alpha value is -2.77. The lowest BCUT2D eigenvalue weighted by atomic mass is 10.1. The lowest BCUT2D eigenvalue weighted by Gasteiger charge is -2.30. The van der Waals surface area contributed by atoms with Gasteiger partial charge in [-0.2, -0.15) is 13.2 Å². The Labute approximate surface area is 188 Å². The molecule has 1 atom stereocenters. The van der Waals surface area contributed by atoms with Crippen LogP contribution >= 0.6 is 23.1 Å². The van der Waals surface area contributed by atoms with E-state index in [4.69, 9.17) is 15.6 Å². The Balaban J connectivity index is 0.000000360. The fraction of sp³-hybridized carbons (Fsp3) is 0.316. The molecule has 0 bridgehead atoms. The zero-order valence-corrected chi connectivity index (χ0v) is 18.1. The van der Waals surface area contributed by atoms with Crippen molar-refractivity contribution >= 4 is 45.2 Å². The lowest BCUT2D eigenvalue weighted by Crippen LogP contribution is -2.45. The van der Waals surface area contributed by atoms with E-state index in [1.54, 1.807) is 22.4 Å². The number of piperidine rings is 1. The summed E-state index contributed by atoms with van der Waals surface area (Å²) in [5.74, 6) is -2.85. The van der Waals surface area contributed by atoms with Crippen LogP contribution in [0.4, 0.5) is 13.2 Å². The topological polar surface area (TPSA) is 122 Å². The molecule has 2 aromatic heterocycles. The average molecular weight is 486 g/mol. The first kappa shape index (κ1) is 23.9. The number of benzene rings is 1. The van der Waals surface area contributed by atoms with Gasteiger partial charge in [0.1, 0.15) is 10.7 Å². The van der Waals surface area contributed by atoms with Gasteiger partial charge in [0.25, 0.3) is 5.91 Å². The largest absolute Gasteiger partial charge is 0.490 e. The van der Waals surface area contributed by atoms with Gasteiger partial charge in [0.2, 0.25) is 0 Å². The molecule has 3 N–H and O–H groups in total. The zero-order valence-electron chi connectivity index (χ0n) is 16.5. The van der Waals surface area contributed by atoms with Gasteiger partial charge in [0, 0.05) is 19.1 Å². The fourth-order valence-corrected chi connectivity index (χ4v) is 4.74. The van der Waals surface area contributed by atoms with Crippen LogP contribution in [0, 0.1) is 0 Å². The first-order valence-corrected chi connectivity index (χ1v) is 11.0. The number of aliphatic carboxylic acids is 1. The number of halogens is 3. The molecule has 1 amide bonds. The number of fused-ring (bicyclic) bond motifs is 1. The summed E-state index contributed by atoms with van der Waals surface area (Å²) in [5, 5.41) is 7.85. The molecular formula is C19H18F3N5O3S2. The smallest absolute Gasteiger partial charge is 0.475 e. The van der Waals surface area contributed by atoms with E-state index < -0.39 is 12.1 Å². The predicted octanol–water partition coefficient (Wildman–Crippen LogP) is 3.43. The van der Waals surface area contributed by atoms with Gasteiger partial charge >= 0.3 is 12.1 Å². The highest BCUT2D eigenvalue weighted by atomic mass is 32.2. The summed E-state index contributed by atoms with van der Waals surface area (Å²) in [5.41, 5.74) is 7.29. The Morgan fingerprint density at radius 1 is 1.22 bits per heavy atom. The first-order chi connectivity index (χ1) is 15.1. The van der Waals surface area contributed by atoms with Crippen molar-refractivity contribution in [3.05, 3.63) is 42.4 Å². The van der Waals surface area contributed by atoms with E-state index in [9.17, 15) is 18.0 Å². The SMILES string of the molecule is NC1CCCN(C(=O)c2cnc(Sc3nc4ccccc4s3)cn2)C1.O=C(O)C(F)(F)F. The van der Waals surface area contributed by atoms with Gasteiger partial charge in [0.05, 0.1) is 22.6 Å². The number of rotatable bonds is 3. The van der Waals surface area contributed by atoms with Gasteiger partial charge in [-0.15, -0.1) is 11.3 Å². The van der Waals surface area contributed by atoms with Crippen LogP contribution < -0.4 is 5.73 Å². The third-order valence-corrected chi connectivity index (χ3v) is 6.32. The number of carbonyl (C=O) groups excluding carboxylic acids is 1. The normalized spacial score (nSPS) is 16.4. The van der Waals surface area contributed by atoms with Crippen molar-refractivity contribution in [2.45, 2.75) is 34.4 Å². The molecule has 0 spiro atoms. The van der Waals surface area contributed by atoms with Crippen LogP contribution in [0.5, 0.6) is 0 Å². The summed E-state index contributed by atoms with van der Waals surface area (Å²) in [7, 11) is 0. The zero-order chi connectivity index (χ0) is 23.3. The van der Waals surface area contributed by atoms with Crippen LogP contribution in [0.3, 0.4) is 0 Å². The molecule has 1 aliphatic heterocycles. The second-order valence-corrected chi connectivity index (χ2v) is 9.04. The van der Waals surface area contributed by atoms with Crippen LogP contribution in [0.25, 0.3) is 10.2 Å². The van der Waals surface area contributed by atoms with Crippen LogP contribution in [0.1, 0.15) is 23.3 Å². The molecule has 1 fully saturated rings. The van der Waals surface area contributed by atoms with E-state index in [1.807, 2.05) is 24.3 Å². The lowest BCUT2D eigenvalue weighted by molar-refractivity contribution is -0.192. The van der Waals surface area contributed by atoms with Crippen LogP contribution in [-0.2, 0) is 4.79 Å². The minimum absolute atomic E-state index is 0.0551. The minimum Gasteiger partial charge on any atom is -0.475 e. The number of carboxylic acid groups (broad SMARTS) is 1. The number of likely N-dealkylation sites (tertiary alicyclic amines) is 1. The van der Waals surface area contributed by atoms with Crippen molar-refractivity contribution in [1.82, 2.24) is 19.9 Å². The summed E-state index contributed by atoms with van der Waals surface area (Å²) in [6.07, 6.45) is -0.00889. The van der Waals surface area contributed by atoms with Crippen LogP contribution in [-0.4, -0.2) is 62.1 Å². The number of amides is 1. The predicted molar refractivity (Wildman–Crippen MR) is 113 cm³/mol. The first-order valence-electron chi connectivity index (χ1n) is 9.34. The number of carbonyl (C=O) groups is 2. The maximum Gasteiger partial charge on any atom is 0.490 e. The van der Waals surface area contributed by atoms with Gasteiger partial charge in [-0.05, 0) is 36.7 Å². The maximum atomic E-state index is 12.5. The molecule has 3 aromatic rings. The summed E-state index contributed by atoms with van der Waals surface area (Å²) in [6.45, 7) is 1.32. The van der Waals surface area contributed by atoms with E-state index in [1.165, 1.54) is 18.0 Å². The van der Waals surface area contributed by atoms with Crippen molar-refractivity contribution in [1.29, 1.82) is 0 Å². The van der Waals surface area contributed by atoms with E-state index in [0.29, 0.717) is 12.2 Å². The summed E-state index contributed by atoms with van der Waals surface area (Å²) >= 11 is 3.08. The van der Waals surface area contributed by atoms with Crippen molar-refractivity contribution in [2.75, 3.05) is 13.1 Å². The average Bonchev–Trinajstić information content (AvgIpc) is 3.16. The van der Waals surface area contributed by atoms with Gasteiger partial charge in [0.15, 0.2) is 4.34 Å². The molecule has 1 unspecified atom stereocenters. The molecule has 1 saturated heterocycles. The molecule has 0 saturated carbocycles. The van der Waals surface area contributed by atoms with E-state index in [0.717, 1.165) is 39.0 Å². The standard InChI is InChI=1S/C17H17N5OS2.C2HF3O2/c18-11-4-3-7-22(10-11)16(23)13-8-20-15(9-19-13)25-17-21-12-5-1-2-6-14(12)24-17;3-2(4,5)1(6)7/h1-2,5-6,8-9,11H,3-4,7,10,18H2;(H,6,7). The number of alkyl halides is 3. The van der Waals surface area contributed by atoms with Gasteiger partial charge in [-0.25, -0.2) is 19.7 Å². The summed E-state index contributed by atoms with van der Waals surface area (Å²) in [4.78, 5) is 36.4. The highest BCUT2D eigenvalue weighted by molar-refractivity contribution is 8.01. The van der Waals surface area contributed by atoms with Crippen molar-refractivity contribution in [2.24, 2.45) is 5.73 Å². The Morgan fingerprint density at radius 2 is 1.94 bits per heavy atom. The van der Waals surface area contributed by atoms with E-state index >= 15 is 0 Å². The van der Waals surface area contributed by atoms with Crippen molar-refractivity contribution < 1.29 is 27.9 Å². The maximum absolute atomic E-state index is 12.5. The molecule has 4 rings (SSSR count). The molecule has 8 nitrogen and oxygen atoms in total. The Morgan fingerprint density at radius 3 is 2.53 bits per heavy atom. The van der Waals surface area contributed by atoms with Gasteiger partial charge < -0.3 is 15.7 Å². The number of nitrogens with two attached hydrogens (primary N) is 1. The third-order valence-electron chi connectivity index (χ3n) is 4.30. The molecule has 32 heavy (non-hydrogen) atoms. The van der Waals surface area contributed by atoms with Crippen LogP contribution in [0.2, 0.25) is 0 Å². The van der Waals surface area contributed by atoms with E-state index in [-0.39, 0.29) is 11.9 Å². The number of carboxylic acids is 1. The number of aromatic nitrogens is 3. The van der Waals surface area contributed by atoms with E-state index in [2.05, 4.69) is 15.0 Å². The van der Waals surface area contributed by atoms with Crippen molar-refractivity contribution in [3.8, 4) is 0 Å².